The number of thiazole rings is 1. The molecule has 0 saturated carbocycles. The van der Waals surface area contributed by atoms with E-state index in [-0.39, 0.29) is 24.6 Å². The van der Waals surface area contributed by atoms with E-state index in [1.807, 2.05) is 38.1 Å². The van der Waals surface area contributed by atoms with Crippen molar-refractivity contribution in [2.24, 2.45) is 5.41 Å². The first-order valence-corrected chi connectivity index (χ1v) is 15.0. The standard InChI is InChI=1S/C30H34BrFN4O4S/c1-16(18-6-8-19(9-7-18)25-17(2)33-15-41-25)34-28(39)24-13-23(37)14-36(24)29(40)26(30(3,4)5)35-27(38)20-10-21(31)12-22(32)11-20/h6-12,15-16,23-24,26,37H,13-14H2,1-5H3,(H,34,39)(H,35,38)/t16?,23-,24+,26?/m1/s1. The van der Waals surface area contributed by atoms with E-state index in [4.69, 9.17) is 0 Å². The third-order valence-electron chi connectivity index (χ3n) is 7.16. The number of aryl methyl sites for hydroxylation is 1. The summed E-state index contributed by atoms with van der Waals surface area (Å²) in [5.74, 6) is -2.09. The summed E-state index contributed by atoms with van der Waals surface area (Å²) >= 11 is 4.75. The molecule has 4 rings (SSSR count). The molecular weight excluding hydrogens is 611 g/mol. The largest absolute Gasteiger partial charge is 0.391 e. The molecule has 2 heterocycles. The Morgan fingerprint density at radius 1 is 1.15 bits per heavy atom. The van der Waals surface area contributed by atoms with Gasteiger partial charge in [0.15, 0.2) is 0 Å². The van der Waals surface area contributed by atoms with Crippen molar-refractivity contribution in [3.05, 3.63) is 75.1 Å². The van der Waals surface area contributed by atoms with Gasteiger partial charge in [-0.2, -0.15) is 0 Å². The van der Waals surface area contributed by atoms with Crippen LogP contribution in [0.2, 0.25) is 0 Å². The molecule has 3 amide bonds. The molecule has 1 aliphatic rings. The lowest BCUT2D eigenvalue weighted by Crippen LogP contribution is -2.57. The number of aliphatic hydroxyl groups excluding tert-OH is 1. The first kappa shape index (κ1) is 30.8. The molecule has 3 N–H and O–H groups in total. The second-order valence-electron chi connectivity index (χ2n) is 11.4. The van der Waals surface area contributed by atoms with Gasteiger partial charge in [-0.15, -0.1) is 11.3 Å². The monoisotopic (exact) mass is 644 g/mol. The van der Waals surface area contributed by atoms with Gasteiger partial charge in [-0.1, -0.05) is 61.0 Å². The van der Waals surface area contributed by atoms with E-state index >= 15 is 0 Å². The highest BCUT2D eigenvalue weighted by Crippen LogP contribution is 2.30. The maximum atomic E-state index is 13.9. The van der Waals surface area contributed by atoms with E-state index in [1.54, 1.807) is 37.6 Å². The molecule has 2 aromatic carbocycles. The van der Waals surface area contributed by atoms with Crippen molar-refractivity contribution in [1.29, 1.82) is 0 Å². The number of β-amino-alcohol motifs (C(OH)–C–C–N with tert-alkyl or cyclic N) is 1. The van der Waals surface area contributed by atoms with Crippen LogP contribution in [0.4, 0.5) is 4.39 Å². The lowest BCUT2D eigenvalue weighted by Gasteiger charge is -2.35. The van der Waals surface area contributed by atoms with E-state index in [0.29, 0.717) is 4.47 Å². The van der Waals surface area contributed by atoms with Gasteiger partial charge in [-0.05, 0) is 48.6 Å². The average Bonchev–Trinajstić information content (AvgIpc) is 3.51. The zero-order valence-corrected chi connectivity index (χ0v) is 26.0. The number of nitrogens with zero attached hydrogens (tertiary/aromatic N) is 2. The van der Waals surface area contributed by atoms with Gasteiger partial charge in [-0.25, -0.2) is 9.37 Å². The molecule has 11 heteroatoms. The molecule has 0 spiro atoms. The predicted octanol–water partition coefficient (Wildman–Crippen LogP) is 5.00. The summed E-state index contributed by atoms with van der Waals surface area (Å²) in [6, 6.07) is 9.36. The number of likely N-dealkylation sites (tertiary alicyclic amines) is 1. The Balaban J connectivity index is 1.48. The minimum Gasteiger partial charge on any atom is -0.391 e. The Labute approximate surface area is 251 Å². The van der Waals surface area contributed by atoms with Crippen LogP contribution >= 0.6 is 27.3 Å². The Kier molecular flexibility index (Phi) is 9.30. The second-order valence-corrected chi connectivity index (χ2v) is 13.2. The fourth-order valence-corrected chi connectivity index (χ4v) is 6.19. The van der Waals surface area contributed by atoms with Crippen LogP contribution in [-0.4, -0.2) is 57.4 Å². The summed E-state index contributed by atoms with van der Waals surface area (Å²) in [4.78, 5) is 47.0. The number of hydrogen-bond acceptors (Lipinski definition) is 6. The van der Waals surface area contributed by atoms with Gasteiger partial charge in [0, 0.05) is 23.0 Å². The number of nitrogens with one attached hydrogen (secondary N) is 2. The van der Waals surface area contributed by atoms with Crippen molar-refractivity contribution in [3.8, 4) is 10.4 Å². The summed E-state index contributed by atoms with van der Waals surface area (Å²) in [6.45, 7) is 9.15. The Morgan fingerprint density at radius 2 is 1.83 bits per heavy atom. The van der Waals surface area contributed by atoms with Crippen LogP contribution in [0.3, 0.4) is 0 Å². The van der Waals surface area contributed by atoms with Crippen molar-refractivity contribution < 1.29 is 23.9 Å². The first-order valence-electron chi connectivity index (χ1n) is 13.3. The molecule has 1 aliphatic heterocycles. The summed E-state index contributed by atoms with van der Waals surface area (Å²) in [5, 5.41) is 16.2. The van der Waals surface area contributed by atoms with Crippen LogP contribution in [0.15, 0.2) is 52.4 Å². The number of amides is 3. The lowest BCUT2D eigenvalue weighted by atomic mass is 9.85. The molecule has 0 bridgehead atoms. The van der Waals surface area contributed by atoms with Crippen LogP contribution in [0.25, 0.3) is 10.4 Å². The first-order chi connectivity index (χ1) is 19.2. The van der Waals surface area contributed by atoms with Crippen molar-refractivity contribution >= 4 is 45.0 Å². The van der Waals surface area contributed by atoms with Gasteiger partial charge in [0.1, 0.15) is 17.9 Å². The SMILES string of the molecule is Cc1ncsc1-c1ccc(C(C)NC(=O)[C@@H]2C[C@@H](O)CN2C(=O)C(NC(=O)c2cc(F)cc(Br)c2)C(C)(C)C)cc1. The van der Waals surface area contributed by atoms with Gasteiger partial charge in [0.25, 0.3) is 5.91 Å². The van der Waals surface area contributed by atoms with E-state index in [0.717, 1.165) is 27.8 Å². The van der Waals surface area contributed by atoms with Crippen molar-refractivity contribution in [1.82, 2.24) is 20.5 Å². The number of aliphatic hydroxyl groups is 1. The summed E-state index contributed by atoms with van der Waals surface area (Å²) in [6.07, 6.45) is -0.808. The number of carbonyl (C=O) groups is 3. The molecule has 3 aromatic rings. The van der Waals surface area contributed by atoms with Gasteiger partial charge in [-0.3, -0.25) is 14.4 Å². The smallest absolute Gasteiger partial charge is 0.252 e. The van der Waals surface area contributed by atoms with Crippen molar-refractivity contribution in [2.75, 3.05) is 6.54 Å². The fraction of sp³-hybridized carbons (Fsp3) is 0.400. The minimum absolute atomic E-state index is 0.0395. The third-order valence-corrected chi connectivity index (χ3v) is 8.59. The molecule has 4 atom stereocenters. The predicted molar refractivity (Wildman–Crippen MR) is 160 cm³/mol. The Bertz CT molecular complexity index is 1420. The zero-order valence-electron chi connectivity index (χ0n) is 23.6. The van der Waals surface area contributed by atoms with Crippen LogP contribution in [0.5, 0.6) is 0 Å². The topological polar surface area (TPSA) is 112 Å². The normalized spacial score (nSPS) is 18.6. The van der Waals surface area contributed by atoms with Crippen molar-refractivity contribution in [3.63, 3.8) is 0 Å². The molecule has 1 fully saturated rings. The number of hydrogen-bond donors (Lipinski definition) is 3. The Hall–Kier alpha value is -3.15. The molecule has 1 saturated heterocycles. The molecule has 218 valence electrons. The highest BCUT2D eigenvalue weighted by Gasteiger charge is 2.44. The van der Waals surface area contributed by atoms with Crippen LogP contribution < -0.4 is 10.6 Å². The maximum Gasteiger partial charge on any atom is 0.252 e. The highest BCUT2D eigenvalue weighted by atomic mass is 79.9. The van der Waals surface area contributed by atoms with Crippen LogP contribution in [0, 0.1) is 18.2 Å². The van der Waals surface area contributed by atoms with Crippen LogP contribution in [0.1, 0.15) is 61.8 Å². The van der Waals surface area contributed by atoms with Gasteiger partial charge in [0.05, 0.1) is 28.2 Å². The molecule has 2 unspecified atom stereocenters. The number of carbonyl (C=O) groups excluding carboxylic acids is 3. The van der Waals surface area contributed by atoms with Gasteiger partial charge < -0.3 is 20.6 Å². The average molecular weight is 646 g/mol. The number of rotatable bonds is 7. The van der Waals surface area contributed by atoms with Gasteiger partial charge >= 0.3 is 0 Å². The molecule has 1 aromatic heterocycles. The maximum absolute atomic E-state index is 13.9. The summed E-state index contributed by atoms with van der Waals surface area (Å²) in [7, 11) is 0. The zero-order chi connectivity index (χ0) is 30.1. The molecule has 0 aliphatic carbocycles. The van der Waals surface area contributed by atoms with E-state index in [9.17, 15) is 23.9 Å². The molecule has 41 heavy (non-hydrogen) atoms. The number of halogens is 2. The summed E-state index contributed by atoms with van der Waals surface area (Å²) < 4.78 is 14.3. The van der Waals surface area contributed by atoms with E-state index in [2.05, 4.69) is 31.5 Å². The quantitative estimate of drug-likeness (QED) is 0.335. The number of benzene rings is 2. The van der Waals surface area contributed by atoms with E-state index < -0.39 is 47.1 Å². The molecule has 0 radical (unpaired) electrons. The number of aromatic nitrogens is 1. The molecular formula is C30H34BrFN4O4S. The summed E-state index contributed by atoms with van der Waals surface area (Å²) in [5.41, 5.74) is 4.02. The highest BCUT2D eigenvalue weighted by molar-refractivity contribution is 9.10. The lowest BCUT2D eigenvalue weighted by molar-refractivity contribution is -0.142. The second kappa shape index (κ2) is 12.4. The third kappa shape index (κ3) is 7.20. The van der Waals surface area contributed by atoms with E-state index in [1.165, 1.54) is 17.0 Å². The van der Waals surface area contributed by atoms with Crippen molar-refractivity contribution in [2.45, 2.75) is 65.3 Å². The Morgan fingerprint density at radius 3 is 2.41 bits per heavy atom. The minimum atomic E-state index is -1.03. The fourth-order valence-electron chi connectivity index (χ4n) is 4.91. The molecule has 8 nitrogen and oxygen atoms in total. The van der Waals surface area contributed by atoms with Crippen LogP contribution in [-0.2, 0) is 9.59 Å². The van der Waals surface area contributed by atoms with Gasteiger partial charge in [0.2, 0.25) is 11.8 Å².